The molecule has 2 aromatic heterocycles. The van der Waals surface area contributed by atoms with E-state index in [0.29, 0.717) is 18.1 Å². The maximum Gasteiger partial charge on any atom is 0.272 e. The van der Waals surface area contributed by atoms with Crippen LogP contribution in [0.4, 0.5) is 5.69 Å². The van der Waals surface area contributed by atoms with Crippen molar-refractivity contribution in [3.8, 4) is 11.5 Å². The number of rotatable bonds is 7. The fourth-order valence-corrected chi connectivity index (χ4v) is 5.18. The molecule has 2 aromatic carbocycles. The predicted octanol–water partition coefficient (Wildman–Crippen LogP) is 5.54. The SMILES string of the molecule is CN1CCC(Oc2ccccc2OCc2ccccc2NC(=O)c2cc3sccc3n2C)CC1. The monoisotopic (exact) mass is 475 g/mol. The molecule has 1 aliphatic heterocycles. The number of piperidine rings is 1. The molecule has 0 unspecified atom stereocenters. The lowest BCUT2D eigenvalue weighted by atomic mass is 10.1. The highest BCUT2D eigenvalue weighted by atomic mass is 32.1. The molecule has 0 atom stereocenters. The van der Waals surface area contributed by atoms with Gasteiger partial charge in [0.05, 0.1) is 10.2 Å². The highest BCUT2D eigenvalue weighted by Gasteiger charge is 2.20. The van der Waals surface area contributed by atoms with Crippen LogP contribution in [0.1, 0.15) is 28.9 Å². The summed E-state index contributed by atoms with van der Waals surface area (Å²) in [5, 5.41) is 5.10. The van der Waals surface area contributed by atoms with Crippen molar-refractivity contribution in [3.63, 3.8) is 0 Å². The maximum atomic E-state index is 13.0. The molecular weight excluding hydrogens is 446 g/mol. The number of anilines is 1. The number of hydrogen-bond acceptors (Lipinski definition) is 5. The summed E-state index contributed by atoms with van der Waals surface area (Å²) in [4.78, 5) is 15.4. The summed E-state index contributed by atoms with van der Waals surface area (Å²) in [6.45, 7) is 2.41. The van der Waals surface area contributed by atoms with Crippen molar-refractivity contribution in [2.24, 2.45) is 7.05 Å². The van der Waals surface area contributed by atoms with Gasteiger partial charge in [0.1, 0.15) is 18.4 Å². The molecular formula is C27H29N3O3S. The second kappa shape index (κ2) is 9.91. The number of fused-ring (bicyclic) bond motifs is 1. The fraction of sp³-hybridized carbons (Fsp3) is 0.296. The molecule has 1 amide bonds. The van der Waals surface area contributed by atoms with E-state index in [1.54, 1.807) is 11.3 Å². The molecule has 3 heterocycles. The predicted molar refractivity (Wildman–Crippen MR) is 137 cm³/mol. The van der Waals surface area contributed by atoms with Gasteiger partial charge in [-0.05, 0) is 55.6 Å². The lowest BCUT2D eigenvalue weighted by Gasteiger charge is -2.29. The zero-order valence-electron chi connectivity index (χ0n) is 19.5. The number of para-hydroxylation sites is 3. The normalized spacial score (nSPS) is 14.9. The van der Waals surface area contributed by atoms with Gasteiger partial charge in [0.2, 0.25) is 0 Å². The van der Waals surface area contributed by atoms with Gasteiger partial charge in [0.25, 0.3) is 5.91 Å². The number of aryl methyl sites for hydroxylation is 1. The van der Waals surface area contributed by atoms with Gasteiger partial charge < -0.3 is 24.3 Å². The summed E-state index contributed by atoms with van der Waals surface area (Å²) in [6.07, 6.45) is 2.22. The highest BCUT2D eigenvalue weighted by molar-refractivity contribution is 7.17. The standard InChI is InChI=1S/C27H29N3O3S/c1-29-14-11-20(12-15-29)33-25-10-6-5-9-24(25)32-18-19-7-3-4-8-21(19)28-27(31)23-17-26-22(30(23)2)13-16-34-26/h3-10,13,16-17,20H,11-12,14-15,18H2,1-2H3,(H,28,31). The van der Waals surface area contributed by atoms with Crippen molar-refractivity contribution in [2.45, 2.75) is 25.6 Å². The van der Waals surface area contributed by atoms with Crippen LogP contribution in [-0.2, 0) is 13.7 Å². The molecule has 1 fully saturated rings. The number of ether oxygens (including phenoxy) is 2. The van der Waals surface area contributed by atoms with Crippen LogP contribution in [0.2, 0.25) is 0 Å². The summed E-state index contributed by atoms with van der Waals surface area (Å²) in [5.41, 5.74) is 3.34. The molecule has 0 aliphatic carbocycles. The Hall–Kier alpha value is -3.29. The van der Waals surface area contributed by atoms with Gasteiger partial charge in [-0.1, -0.05) is 30.3 Å². The molecule has 7 heteroatoms. The molecule has 34 heavy (non-hydrogen) atoms. The molecule has 176 valence electrons. The van der Waals surface area contributed by atoms with Gasteiger partial charge in [0, 0.05) is 31.4 Å². The van der Waals surface area contributed by atoms with Gasteiger partial charge in [-0.3, -0.25) is 4.79 Å². The molecule has 1 aliphatic rings. The first kappa shape index (κ1) is 22.5. The van der Waals surface area contributed by atoms with E-state index in [4.69, 9.17) is 9.47 Å². The van der Waals surface area contributed by atoms with Gasteiger partial charge in [-0.25, -0.2) is 0 Å². The quantitative estimate of drug-likeness (QED) is 0.381. The first-order valence-electron chi connectivity index (χ1n) is 11.6. The molecule has 6 nitrogen and oxygen atoms in total. The topological polar surface area (TPSA) is 55.7 Å². The molecule has 0 saturated carbocycles. The number of nitrogens with one attached hydrogen (secondary N) is 1. The van der Waals surface area contributed by atoms with Crippen LogP contribution in [0.15, 0.2) is 66.0 Å². The molecule has 0 bridgehead atoms. The Morgan fingerprint density at radius 2 is 1.76 bits per heavy atom. The van der Waals surface area contributed by atoms with Gasteiger partial charge in [-0.2, -0.15) is 0 Å². The van der Waals surface area contributed by atoms with Crippen LogP contribution < -0.4 is 14.8 Å². The van der Waals surface area contributed by atoms with Crippen molar-refractivity contribution in [1.29, 1.82) is 0 Å². The van der Waals surface area contributed by atoms with E-state index in [0.717, 1.165) is 53.1 Å². The van der Waals surface area contributed by atoms with Crippen molar-refractivity contribution >= 4 is 33.1 Å². The Bertz CT molecular complexity index is 1290. The minimum atomic E-state index is -0.135. The average Bonchev–Trinajstić information content (AvgIpc) is 3.44. The molecule has 0 spiro atoms. The van der Waals surface area contributed by atoms with Crippen molar-refractivity contribution < 1.29 is 14.3 Å². The van der Waals surface area contributed by atoms with E-state index < -0.39 is 0 Å². The minimum Gasteiger partial charge on any atom is -0.486 e. The third-order valence-corrected chi connectivity index (χ3v) is 7.21. The number of nitrogens with zero attached hydrogens (tertiary/aromatic N) is 2. The van der Waals surface area contributed by atoms with E-state index >= 15 is 0 Å². The number of likely N-dealkylation sites (tertiary alicyclic amines) is 1. The van der Waals surface area contributed by atoms with Crippen LogP contribution in [0.5, 0.6) is 11.5 Å². The van der Waals surface area contributed by atoms with Gasteiger partial charge in [-0.15, -0.1) is 11.3 Å². The Labute approximate surface area is 203 Å². The van der Waals surface area contributed by atoms with Crippen LogP contribution in [0.3, 0.4) is 0 Å². The number of thiophene rings is 1. The first-order valence-corrected chi connectivity index (χ1v) is 12.5. The lowest BCUT2D eigenvalue weighted by molar-refractivity contribution is 0.101. The van der Waals surface area contributed by atoms with Crippen LogP contribution in [-0.4, -0.2) is 41.6 Å². The number of amides is 1. The third kappa shape index (κ3) is 4.81. The number of aromatic nitrogens is 1. The highest BCUT2D eigenvalue weighted by Crippen LogP contribution is 2.31. The lowest BCUT2D eigenvalue weighted by Crippen LogP contribution is -2.35. The Morgan fingerprint density at radius 3 is 2.56 bits per heavy atom. The van der Waals surface area contributed by atoms with E-state index in [2.05, 4.69) is 17.3 Å². The van der Waals surface area contributed by atoms with Crippen LogP contribution >= 0.6 is 11.3 Å². The Kier molecular flexibility index (Phi) is 6.56. The van der Waals surface area contributed by atoms with E-state index in [-0.39, 0.29) is 12.0 Å². The van der Waals surface area contributed by atoms with Crippen molar-refractivity contribution in [3.05, 3.63) is 77.3 Å². The number of carbonyl (C=O) groups is 1. The summed E-state index contributed by atoms with van der Waals surface area (Å²) in [5.74, 6) is 1.34. The number of benzene rings is 2. The molecule has 0 radical (unpaired) electrons. The number of carbonyl (C=O) groups excluding carboxylic acids is 1. The van der Waals surface area contributed by atoms with Crippen molar-refractivity contribution in [1.82, 2.24) is 9.47 Å². The molecule has 1 N–H and O–H groups in total. The Balaban J connectivity index is 1.28. The van der Waals surface area contributed by atoms with Crippen LogP contribution in [0.25, 0.3) is 10.2 Å². The minimum absolute atomic E-state index is 0.135. The van der Waals surface area contributed by atoms with E-state index in [9.17, 15) is 4.79 Å². The second-order valence-corrected chi connectivity index (χ2v) is 9.67. The molecule has 1 saturated heterocycles. The first-order chi connectivity index (χ1) is 16.6. The fourth-order valence-electron chi connectivity index (χ4n) is 4.33. The third-order valence-electron chi connectivity index (χ3n) is 6.35. The average molecular weight is 476 g/mol. The Morgan fingerprint density at radius 1 is 1.03 bits per heavy atom. The van der Waals surface area contributed by atoms with Gasteiger partial charge >= 0.3 is 0 Å². The van der Waals surface area contributed by atoms with Crippen LogP contribution in [0, 0.1) is 0 Å². The second-order valence-electron chi connectivity index (χ2n) is 8.73. The zero-order valence-corrected chi connectivity index (χ0v) is 20.3. The zero-order chi connectivity index (χ0) is 23.5. The largest absolute Gasteiger partial charge is 0.486 e. The molecule has 4 aromatic rings. The number of hydrogen-bond donors (Lipinski definition) is 1. The smallest absolute Gasteiger partial charge is 0.272 e. The summed E-state index contributed by atoms with van der Waals surface area (Å²) in [7, 11) is 4.06. The summed E-state index contributed by atoms with van der Waals surface area (Å²) in [6, 6.07) is 19.5. The van der Waals surface area contributed by atoms with Crippen molar-refractivity contribution in [2.75, 3.05) is 25.5 Å². The maximum absolute atomic E-state index is 13.0. The molecule has 5 rings (SSSR count). The summed E-state index contributed by atoms with van der Waals surface area (Å²) >= 11 is 1.63. The van der Waals surface area contributed by atoms with Gasteiger partial charge in [0.15, 0.2) is 11.5 Å². The van der Waals surface area contributed by atoms with E-state index in [1.165, 1.54) is 0 Å². The summed E-state index contributed by atoms with van der Waals surface area (Å²) < 4.78 is 15.5. The van der Waals surface area contributed by atoms with E-state index in [1.807, 2.05) is 77.7 Å².